The number of allylic oxidation sites excluding steroid dienone is 1. The molecule has 0 aliphatic rings. The second-order valence-corrected chi connectivity index (χ2v) is 3.55. The molecular weight excluding hydrogens is 271 g/mol. The molecule has 0 saturated carbocycles. The number of methoxy groups -OCH3 is 1. The second-order valence-electron chi connectivity index (χ2n) is 3.55. The number of rotatable bonds is 3. The summed E-state index contributed by atoms with van der Waals surface area (Å²) in [5.74, 6) is -0.227. The van der Waals surface area contributed by atoms with Crippen molar-refractivity contribution in [2.45, 2.75) is 6.92 Å². The van der Waals surface area contributed by atoms with Crippen molar-refractivity contribution in [1.82, 2.24) is 0 Å². The van der Waals surface area contributed by atoms with E-state index in [4.69, 9.17) is 0 Å². The number of hydrogen-bond acceptors (Lipinski definition) is 3. The quantitative estimate of drug-likeness (QED) is 0.332. The minimum absolute atomic E-state index is 0. The van der Waals surface area contributed by atoms with Crippen molar-refractivity contribution in [2.24, 2.45) is 0 Å². The first-order chi connectivity index (χ1) is 6.22. The Morgan fingerprint density at radius 2 is 1.87 bits per heavy atom. The minimum atomic E-state index is -0.227. The van der Waals surface area contributed by atoms with Gasteiger partial charge in [0.05, 0.1) is 7.11 Å². The first-order valence-corrected chi connectivity index (χ1v) is 4.00. The van der Waals surface area contributed by atoms with Gasteiger partial charge in [-0.15, -0.1) is 7.05 Å². The van der Waals surface area contributed by atoms with Gasteiger partial charge in [-0.05, 0) is 6.29 Å². The molecule has 4 nitrogen and oxygen atoms in total. The van der Waals surface area contributed by atoms with Crippen LogP contribution in [0, 0.1) is 7.05 Å². The molecule has 0 aliphatic carbocycles. The molecule has 0 unspecified atom stereocenters. The largest absolute Gasteiger partial charge is 0.465 e. The van der Waals surface area contributed by atoms with Crippen LogP contribution >= 0.6 is 0 Å². The Bertz CT molecular complexity index is 209. The zero-order chi connectivity index (χ0) is 11.8. The van der Waals surface area contributed by atoms with Crippen molar-refractivity contribution in [3.8, 4) is 0 Å². The van der Waals surface area contributed by atoms with Crippen molar-refractivity contribution in [3.05, 3.63) is 19.2 Å². The fourth-order valence-corrected chi connectivity index (χ4v) is 0.414. The van der Waals surface area contributed by atoms with Crippen molar-refractivity contribution in [2.75, 3.05) is 27.7 Å². The van der Waals surface area contributed by atoms with Gasteiger partial charge in [0.1, 0.15) is 0 Å². The normalized spacial score (nSPS) is 8.87. The summed E-state index contributed by atoms with van der Waals surface area (Å²) in [5, 5.41) is 0. The Hall–Kier alpha value is -0.0561. The third-order valence-electron chi connectivity index (χ3n) is 0.959. The molecule has 0 aromatic carbocycles. The van der Waals surface area contributed by atoms with Crippen LogP contribution in [-0.4, -0.2) is 44.5 Å². The van der Waals surface area contributed by atoms with Gasteiger partial charge in [0.15, 0.2) is 6.54 Å². The van der Waals surface area contributed by atoms with Crippen LogP contribution in [0.4, 0.5) is 0 Å². The molecule has 0 rings (SSSR count). The van der Waals surface area contributed by atoms with Gasteiger partial charge in [0.2, 0.25) is 0 Å². The number of quaternary nitrogens is 1. The molecule has 5 heteroatoms. The molecule has 0 fully saturated rings. The summed E-state index contributed by atoms with van der Waals surface area (Å²) in [6.45, 7) is 5.17. The van der Waals surface area contributed by atoms with Crippen LogP contribution in [0.3, 0.4) is 0 Å². The van der Waals surface area contributed by atoms with E-state index in [0.717, 1.165) is 0 Å². The second kappa shape index (κ2) is 10.5. The third kappa shape index (κ3) is 24.9. The van der Waals surface area contributed by atoms with Gasteiger partial charge in [-0.1, -0.05) is 6.92 Å². The van der Waals surface area contributed by atoms with Crippen LogP contribution in [-0.2, 0) is 47.0 Å². The topological polar surface area (TPSA) is 43.4 Å². The summed E-state index contributed by atoms with van der Waals surface area (Å²) in [5.41, 5.74) is 0.449. The molecule has 85 valence electrons. The molecule has 0 amide bonds. The summed E-state index contributed by atoms with van der Waals surface area (Å²) < 4.78 is 4.80. The van der Waals surface area contributed by atoms with Crippen molar-refractivity contribution >= 4 is 12.3 Å². The zero-order valence-corrected chi connectivity index (χ0v) is 12.7. The van der Waals surface area contributed by atoms with Gasteiger partial charge in [-0.3, -0.25) is 0 Å². The fourth-order valence-electron chi connectivity index (χ4n) is 0.414. The van der Waals surface area contributed by atoms with E-state index in [1.54, 1.807) is 13.2 Å². The van der Waals surface area contributed by atoms with Gasteiger partial charge in [0.25, 0.3) is 0 Å². The number of esters is 1. The van der Waals surface area contributed by atoms with Crippen LogP contribution in [0.5, 0.6) is 0 Å². The Balaban J connectivity index is -0.000000208. The van der Waals surface area contributed by atoms with Gasteiger partial charge in [-0.2, -0.15) is 5.57 Å². The van der Waals surface area contributed by atoms with E-state index in [9.17, 15) is 9.59 Å². The Morgan fingerprint density at radius 1 is 1.53 bits per heavy atom. The predicted molar refractivity (Wildman–Crippen MR) is 54.9 cm³/mol. The number of likely N-dealkylation sites (N-methyl/N-ethyl adjacent to an activating group) is 1. The molecule has 0 atom stereocenters. The van der Waals surface area contributed by atoms with Crippen LogP contribution in [0.15, 0.2) is 12.2 Å². The summed E-state index contributed by atoms with van der Waals surface area (Å²) >= 11 is 0. The van der Waals surface area contributed by atoms with E-state index < -0.39 is 0 Å². The minimum Gasteiger partial charge on any atom is -0.465 e. The number of ether oxygens (including phenoxy) is 1. The molecule has 0 saturated heterocycles. The summed E-state index contributed by atoms with van der Waals surface area (Å²) in [4.78, 5) is 19.8. The van der Waals surface area contributed by atoms with Crippen LogP contribution in [0.2, 0.25) is 0 Å². The predicted octanol–water partition coefficient (Wildman–Crippen LogP) is 0.697. The zero-order valence-electron chi connectivity index (χ0n) is 9.87. The Labute approximate surface area is 117 Å². The monoisotopic (exact) mass is 289 g/mol. The van der Waals surface area contributed by atoms with Gasteiger partial charge >= 0.3 is 5.97 Å². The van der Waals surface area contributed by atoms with Crippen LogP contribution in [0.1, 0.15) is 6.92 Å². The molecule has 0 heterocycles. The van der Waals surface area contributed by atoms with E-state index in [0.29, 0.717) is 16.6 Å². The van der Waals surface area contributed by atoms with Gasteiger partial charge < -0.3 is 14.0 Å². The summed E-state index contributed by atoms with van der Waals surface area (Å²) in [6, 6.07) is 0. The van der Waals surface area contributed by atoms with E-state index >= 15 is 0 Å². The molecular formula is C10H18NO3Y-. The van der Waals surface area contributed by atoms with Gasteiger partial charge in [-0.25, -0.2) is 11.4 Å². The molecule has 0 N–H and O–H groups in total. The Kier molecular flexibility index (Phi) is 14.2. The van der Waals surface area contributed by atoms with E-state index in [1.807, 2.05) is 14.1 Å². The first-order valence-electron chi connectivity index (χ1n) is 4.00. The van der Waals surface area contributed by atoms with Crippen LogP contribution < -0.4 is 0 Å². The molecule has 0 aliphatic heterocycles. The summed E-state index contributed by atoms with van der Waals surface area (Å²) in [6.07, 6.45) is 1.58. The molecule has 15 heavy (non-hydrogen) atoms. The number of carbonyl (C=O) groups is 1. The van der Waals surface area contributed by atoms with E-state index in [1.165, 1.54) is 7.11 Å². The number of hydrogen-bond donors (Lipinski definition) is 0. The molecule has 0 aromatic heterocycles. The maximum atomic E-state index is 10.5. The molecule has 0 bridgehead atoms. The Morgan fingerprint density at radius 3 is 1.93 bits per heavy atom. The molecule has 0 aromatic rings. The first kappa shape index (κ1) is 20.4. The van der Waals surface area contributed by atoms with Gasteiger partial charge in [0, 0.05) is 46.8 Å². The fraction of sp³-hybridized carbons (Fsp3) is 0.500. The average molecular weight is 289 g/mol. The summed E-state index contributed by atoms with van der Waals surface area (Å²) in [7, 11) is 8.73. The van der Waals surface area contributed by atoms with E-state index in [-0.39, 0.29) is 38.7 Å². The van der Waals surface area contributed by atoms with Crippen molar-refractivity contribution in [1.29, 1.82) is 0 Å². The number of nitrogens with zero attached hydrogens (tertiary/aromatic N) is 1. The molecule has 0 spiro atoms. The average Bonchev–Trinajstić information content (AvgIpc) is 2.02. The SMILES string of the molecule is C=C(C)[C-]=O.[CH2-][N+](C)(C)CC(=O)OC.[Y]. The van der Waals surface area contributed by atoms with Crippen LogP contribution in [0.25, 0.3) is 0 Å². The van der Waals surface area contributed by atoms with Crippen molar-refractivity contribution in [3.63, 3.8) is 0 Å². The van der Waals surface area contributed by atoms with Crippen molar-refractivity contribution < 1.29 is 51.5 Å². The maximum Gasteiger partial charge on any atom is 0.359 e. The number of carbonyl (C=O) groups excluding carboxylic acids is 2. The standard InChI is InChI=1S/C6H13NO2.C4H5O.Y/c1-7(2,3)5-6(8)9-4;1-4(2)3-5;/h1,5H2,2-4H3;1H2,2H3;/q;-1;. The smallest absolute Gasteiger partial charge is 0.359 e. The maximum absolute atomic E-state index is 10.5. The van der Waals surface area contributed by atoms with E-state index in [2.05, 4.69) is 18.4 Å². The third-order valence-corrected chi connectivity index (χ3v) is 0.959. The molecule has 1 radical (unpaired) electrons.